The van der Waals surface area contributed by atoms with E-state index in [9.17, 15) is 0 Å². The molecule has 22 heavy (non-hydrogen) atoms. The molecule has 0 bridgehead atoms. The van der Waals surface area contributed by atoms with Crippen molar-refractivity contribution in [3.63, 3.8) is 0 Å². The Labute approximate surface area is 143 Å². The summed E-state index contributed by atoms with van der Waals surface area (Å²) in [6.45, 7) is 5.25. The second kappa shape index (κ2) is 9.03. The van der Waals surface area contributed by atoms with E-state index in [1.165, 1.54) is 4.88 Å². The minimum atomic E-state index is 0. The Balaban J connectivity index is 0.00000242. The Morgan fingerprint density at radius 3 is 2.45 bits per heavy atom. The van der Waals surface area contributed by atoms with Crippen LogP contribution in [0.25, 0.3) is 0 Å². The second-order valence-corrected chi connectivity index (χ2v) is 6.28. The van der Waals surface area contributed by atoms with E-state index in [-0.39, 0.29) is 12.4 Å². The van der Waals surface area contributed by atoms with Gasteiger partial charge in [-0.15, -0.1) is 23.7 Å². The molecule has 1 atom stereocenters. The van der Waals surface area contributed by atoms with Gasteiger partial charge >= 0.3 is 0 Å². The zero-order chi connectivity index (χ0) is 15.2. The Bertz CT molecular complexity index is 558. The van der Waals surface area contributed by atoms with Gasteiger partial charge in [-0.1, -0.05) is 26.0 Å². The molecule has 1 unspecified atom stereocenters. The Morgan fingerprint density at radius 1 is 1.14 bits per heavy atom. The molecule has 0 aliphatic rings. The monoisotopic (exact) mass is 341 g/mol. The van der Waals surface area contributed by atoms with Crippen molar-refractivity contribution in [2.75, 3.05) is 14.2 Å². The van der Waals surface area contributed by atoms with Gasteiger partial charge in [0.2, 0.25) is 0 Å². The summed E-state index contributed by atoms with van der Waals surface area (Å²) in [6.07, 6.45) is 0. The number of thiophene rings is 1. The summed E-state index contributed by atoms with van der Waals surface area (Å²) in [4.78, 5) is 1.37. The molecular formula is C17H24ClNO2S. The zero-order valence-electron chi connectivity index (χ0n) is 13.5. The molecule has 1 aromatic heterocycles. The van der Waals surface area contributed by atoms with Crippen LogP contribution in [-0.2, 0) is 6.54 Å². The molecule has 1 heterocycles. The van der Waals surface area contributed by atoms with Crippen molar-refractivity contribution in [1.82, 2.24) is 5.32 Å². The third kappa shape index (κ3) is 4.63. The van der Waals surface area contributed by atoms with Gasteiger partial charge in [-0.2, -0.15) is 0 Å². The van der Waals surface area contributed by atoms with Crippen molar-refractivity contribution < 1.29 is 9.47 Å². The molecule has 0 aliphatic carbocycles. The van der Waals surface area contributed by atoms with Crippen LogP contribution in [0.3, 0.4) is 0 Å². The minimum absolute atomic E-state index is 0. The summed E-state index contributed by atoms with van der Waals surface area (Å²) in [5.41, 5.74) is 1.14. The lowest BCUT2D eigenvalue weighted by Gasteiger charge is -2.22. The van der Waals surface area contributed by atoms with Crippen molar-refractivity contribution in [2.24, 2.45) is 5.92 Å². The van der Waals surface area contributed by atoms with Crippen LogP contribution in [0.4, 0.5) is 0 Å². The highest BCUT2D eigenvalue weighted by molar-refractivity contribution is 7.10. The van der Waals surface area contributed by atoms with Crippen LogP contribution < -0.4 is 14.8 Å². The van der Waals surface area contributed by atoms with Crippen LogP contribution >= 0.6 is 23.7 Å². The third-order valence-corrected chi connectivity index (χ3v) is 4.48. The molecule has 122 valence electrons. The second-order valence-electron chi connectivity index (χ2n) is 5.30. The predicted molar refractivity (Wildman–Crippen MR) is 95.5 cm³/mol. The summed E-state index contributed by atoms with van der Waals surface area (Å²) in [5, 5.41) is 5.77. The molecule has 0 spiro atoms. The standard InChI is InChI=1S/C17H23NO2S.ClH/c1-12(2)17(16-6-5-9-21-16)18-11-13-7-8-14(19-3)10-15(13)20-4;/h5-10,12,17-18H,11H2,1-4H3;1H. The van der Waals surface area contributed by atoms with Gasteiger partial charge in [-0.3, -0.25) is 0 Å². The normalized spacial score (nSPS) is 11.9. The van der Waals surface area contributed by atoms with Crippen molar-refractivity contribution in [3.8, 4) is 11.5 Å². The predicted octanol–water partition coefficient (Wildman–Crippen LogP) is 4.67. The van der Waals surface area contributed by atoms with Crippen LogP contribution in [0.5, 0.6) is 11.5 Å². The SMILES string of the molecule is COc1ccc(CNC(c2cccs2)C(C)C)c(OC)c1.Cl. The fourth-order valence-corrected chi connectivity index (χ4v) is 3.32. The van der Waals surface area contributed by atoms with E-state index < -0.39 is 0 Å². The quantitative estimate of drug-likeness (QED) is 0.793. The molecule has 0 radical (unpaired) electrons. The van der Waals surface area contributed by atoms with Gasteiger partial charge in [0.1, 0.15) is 11.5 Å². The first kappa shape index (κ1) is 18.8. The number of hydrogen-bond donors (Lipinski definition) is 1. The molecule has 3 nitrogen and oxygen atoms in total. The molecule has 0 aliphatic heterocycles. The van der Waals surface area contributed by atoms with Crippen LogP contribution in [0.2, 0.25) is 0 Å². The van der Waals surface area contributed by atoms with Crippen molar-refractivity contribution in [1.29, 1.82) is 0 Å². The highest BCUT2D eigenvalue weighted by Crippen LogP contribution is 2.28. The van der Waals surface area contributed by atoms with Gasteiger partial charge < -0.3 is 14.8 Å². The number of halogens is 1. The van der Waals surface area contributed by atoms with Gasteiger partial charge in [0.05, 0.1) is 14.2 Å². The Morgan fingerprint density at radius 2 is 1.91 bits per heavy atom. The van der Waals surface area contributed by atoms with E-state index >= 15 is 0 Å². The highest BCUT2D eigenvalue weighted by atomic mass is 35.5. The summed E-state index contributed by atoms with van der Waals surface area (Å²) >= 11 is 1.80. The van der Waals surface area contributed by atoms with E-state index in [1.54, 1.807) is 25.6 Å². The third-order valence-electron chi connectivity index (χ3n) is 3.52. The lowest BCUT2D eigenvalue weighted by Crippen LogP contribution is -2.24. The highest BCUT2D eigenvalue weighted by Gasteiger charge is 2.17. The van der Waals surface area contributed by atoms with E-state index in [0.717, 1.165) is 23.6 Å². The molecule has 0 saturated heterocycles. The van der Waals surface area contributed by atoms with E-state index in [2.05, 4.69) is 42.7 Å². The largest absolute Gasteiger partial charge is 0.497 e. The first-order valence-electron chi connectivity index (χ1n) is 7.13. The topological polar surface area (TPSA) is 30.5 Å². The number of ether oxygens (including phenoxy) is 2. The van der Waals surface area contributed by atoms with Crippen molar-refractivity contribution in [3.05, 3.63) is 46.2 Å². The fourth-order valence-electron chi connectivity index (χ4n) is 2.35. The number of nitrogens with one attached hydrogen (secondary N) is 1. The average Bonchev–Trinajstić information content (AvgIpc) is 3.01. The number of methoxy groups -OCH3 is 2. The van der Waals surface area contributed by atoms with Crippen molar-refractivity contribution in [2.45, 2.75) is 26.4 Å². The summed E-state index contributed by atoms with van der Waals surface area (Å²) in [7, 11) is 3.36. The molecule has 1 N–H and O–H groups in total. The zero-order valence-corrected chi connectivity index (χ0v) is 15.1. The molecular weight excluding hydrogens is 318 g/mol. The van der Waals surface area contributed by atoms with Gasteiger partial charge in [-0.05, 0) is 23.4 Å². The number of rotatable bonds is 7. The summed E-state index contributed by atoms with van der Waals surface area (Å²) in [5.74, 6) is 2.21. The Hall–Kier alpha value is -1.23. The molecule has 0 fully saturated rings. The van der Waals surface area contributed by atoms with Crippen LogP contribution in [-0.4, -0.2) is 14.2 Å². The first-order chi connectivity index (χ1) is 10.2. The number of benzene rings is 1. The molecule has 2 aromatic rings. The van der Waals surface area contributed by atoms with Gasteiger partial charge in [0.15, 0.2) is 0 Å². The van der Waals surface area contributed by atoms with Crippen molar-refractivity contribution >= 4 is 23.7 Å². The molecule has 5 heteroatoms. The summed E-state index contributed by atoms with van der Waals surface area (Å²) < 4.78 is 10.7. The first-order valence-corrected chi connectivity index (χ1v) is 8.01. The molecule has 2 rings (SSSR count). The minimum Gasteiger partial charge on any atom is -0.497 e. The van der Waals surface area contributed by atoms with Gasteiger partial charge in [0, 0.05) is 29.1 Å². The van der Waals surface area contributed by atoms with Gasteiger partial charge in [0.25, 0.3) is 0 Å². The number of hydrogen-bond acceptors (Lipinski definition) is 4. The molecule has 0 amide bonds. The van der Waals surface area contributed by atoms with E-state index in [4.69, 9.17) is 9.47 Å². The van der Waals surface area contributed by atoms with E-state index in [0.29, 0.717) is 12.0 Å². The van der Waals surface area contributed by atoms with Crippen LogP contribution in [0.1, 0.15) is 30.3 Å². The van der Waals surface area contributed by atoms with Crippen LogP contribution in [0, 0.1) is 5.92 Å². The maximum Gasteiger partial charge on any atom is 0.127 e. The average molecular weight is 342 g/mol. The maximum atomic E-state index is 5.45. The van der Waals surface area contributed by atoms with E-state index in [1.807, 2.05) is 12.1 Å². The maximum absolute atomic E-state index is 5.45. The molecule has 0 saturated carbocycles. The fraction of sp³-hybridized carbons (Fsp3) is 0.412. The summed E-state index contributed by atoms with van der Waals surface area (Å²) in [6, 6.07) is 10.6. The molecule has 1 aromatic carbocycles. The lowest BCUT2D eigenvalue weighted by atomic mass is 10.0. The lowest BCUT2D eigenvalue weighted by molar-refractivity contribution is 0.381. The van der Waals surface area contributed by atoms with Crippen LogP contribution in [0.15, 0.2) is 35.7 Å². The van der Waals surface area contributed by atoms with Gasteiger partial charge in [-0.25, -0.2) is 0 Å². The smallest absolute Gasteiger partial charge is 0.127 e. The Kier molecular flexibility index (Phi) is 7.73.